The van der Waals surface area contributed by atoms with Crippen LogP contribution in [0.1, 0.15) is 46.1 Å². The van der Waals surface area contributed by atoms with Crippen LogP contribution in [0.2, 0.25) is 0 Å². The fraction of sp³-hybridized carbons (Fsp3) is 0.231. The summed E-state index contributed by atoms with van der Waals surface area (Å²) in [5.74, 6) is 0.877. The zero-order valence-electron chi connectivity index (χ0n) is 26.0. The molecule has 0 aliphatic carbocycles. The second-order valence-electron chi connectivity index (χ2n) is 11.1. The lowest BCUT2D eigenvalue weighted by atomic mass is 9.87. The molecule has 2 unspecified atom stereocenters. The molecule has 0 aliphatic heterocycles. The molecule has 0 fully saturated rings. The van der Waals surface area contributed by atoms with Crippen molar-refractivity contribution in [3.8, 4) is 33.4 Å². The molecule has 0 saturated carbocycles. The maximum Gasteiger partial charge on any atom is 0.0346 e. The second kappa shape index (κ2) is 15.5. The van der Waals surface area contributed by atoms with Gasteiger partial charge in [-0.05, 0) is 126 Å². The first-order chi connectivity index (χ1) is 20.9. The molecule has 0 saturated heterocycles. The van der Waals surface area contributed by atoms with E-state index in [1.165, 1.54) is 6.21 Å². The molecule has 0 amide bonds. The largest absolute Gasteiger partial charge is 0.308 e. The van der Waals surface area contributed by atoms with Gasteiger partial charge in [0.15, 0.2) is 0 Å². The summed E-state index contributed by atoms with van der Waals surface area (Å²) in [5, 5.41) is 8.07. The Bertz CT molecular complexity index is 1570. The van der Waals surface area contributed by atoms with E-state index in [1.54, 1.807) is 12.4 Å². The lowest BCUT2D eigenvalue weighted by Gasteiger charge is -2.18. The van der Waals surface area contributed by atoms with Crippen LogP contribution >= 0.6 is 0 Å². The average molecular weight is 567 g/mol. The monoisotopic (exact) mass is 566 g/mol. The van der Waals surface area contributed by atoms with Crippen LogP contribution in [0.4, 0.5) is 0 Å². The van der Waals surface area contributed by atoms with E-state index in [4.69, 9.17) is 5.41 Å². The predicted molar refractivity (Wildman–Crippen MR) is 185 cm³/mol. The maximum atomic E-state index is 8.07. The highest BCUT2D eigenvalue weighted by molar-refractivity contribution is 5.86. The maximum absolute atomic E-state index is 8.07. The van der Waals surface area contributed by atoms with Crippen LogP contribution in [0.25, 0.3) is 39.0 Å². The van der Waals surface area contributed by atoms with Crippen LogP contribution in [0.15, 0.2) is 126 Å². The summed E-state index contributed by atoms with van der Waals surface area (Å²) in [5.41, 5.74) is 11.0. The van der Waals surface area contributed by atoms with Crippen LogP contribution in [0, 0.1) is 17.2 Å². The summed E-state index contributed by atoms with van der Waals surface area (Å²) in [7, 11) is 1.83. The number of hydrogen-bond acceptors (Lipinski definition) is 4. The summed E-state index contributed by atoms with van der Waals surface area (Å²) in [4.78, 5) is 12.8. The number of allylic oxidation sites excluding steroid dienone is 6. The molecule has 2 aromatic carbocycles. The van der Waals surface area contributed by atoms with Crippen molar-refractivity contribution in [3.05, 3.63) is 126 Å². The molecule has 1 N–H and O–H groups in total. The fourth-order valence-corrected chi connectivity index (χ4v) is 5.19. The first-order valence-electron chi connectivity index (χ1n) is 15.0. The topological polar surface area (TPSA) is 62.0 Å². The molecule has 2 atom stereocenters. The number of rotatable bonds is 12. The van der Waals surface area contributed by atoms with E-state index in [2.05, 4.69) is 102 Å². The molecule has 4 heteroatoms. The van der Waals surface area contributed by atoms with Gasteiger partial charge in [-0.15, -0.1) is 0 Å². The summed E-state index contributed by atoms with van der Waals surface area (Å²) in [6.07, 6.45) is 19.5. The standard InChI is InChI=1S/C39H42N4/c1-6-31(25-40)36(19-29(3)28(2)11-8-16-41-5)20-30(4)32-12-7-13-33(21-32)37-22-38(34-14-9-17-42-26-34)24-39(23-37)35-15-10-18-43-27-35/h6-7,9-10,12-29,40H,8,11H2,1-5H3/b30-20+,31-6+,36-19?,40-25?,41-16?. The molecule has 4 rings (SSSR count). The first-order valence-corrected chi connectivity index (χ1v) is 15.0. The Morgan fingerprint density at radius 2 is 1.42 bits per heavy atom. The van der Waals surface area contributed by atoms with Gasteiger partial charge in [-0.2, -0.15) is 0 Å². The van der Waals surface area contributed by atoms with Gasteiger partial charge in [-0.25, -0.2) is 0 Å². The van der Waals surface area contributed by atoms with Crippen molar-refractivity contribution in [3.63, 3.8) is 0 Å². The molecule has 0 aliphatic rings. The minimum Gasteiger partial charge on any atom is -0.308 e. The van der Waals surface area contributed by atoms with Gasteiger partial charge in [0.25, 0.3) is 0 Å². The van der Waals surface area contributed by atoms with Crippen LogP contribution in [0.3, 0.4) is 0 Å². The van der Waals surface area contributed by atoms with E-state index in [1.807, 2.05) is 50.8 Å². The van der Waals surface area contributed by atoms with E-state index < -0.39 is 0 Å². The normalized spacial score (nSPS) is 14.1. The zero-order valence-corrected chi connectivity index (χ0v) is 26.0. The minimum atomic E-state index is 0.367. The van der Waals surface area contributed by atoms with E-state index in [9.17, 15) is 0 Å². The highest BCUT2D eigenvalue weighted by Gasteiger charge is 2.13. The summed E-state index contributed by atoms with van der Waals surface area (Å²) in [6, 6.07) is 23.5. The van der Waals surface area contributed by atoms with Gasteiger partial charge in [0.05, 0.1) is 0 Å². The number of nitrogens with zero attached hydrogens (tertiary/aromatic N) is 3. The van der Waals surface area contributed by atoms with Gasteiger partial charge in [-0.3, -0.25) is 9.97 Å². The molecule has 43 heavy (non-hydrogen) atoms. The Kier molecular flexibility index (Phi) is 11.3. The SMILES string of the molecule is C/C=C(\C=N)C(=CC(C)C(C)CCC=NC)/C=C(\C)c1cccc(-c2cc(-c3cccnc3)cc(-c3cccnc3)c2)c1. The van der Waals surface area contributed by atoms with Crippen molar-refractivity contribution >= 4 is 18.0 Å². The molecular weight excluding hydrogens is 524 g/mol. The van der Waals surface area contributed by atoms with Gasteiger partial charge >= 0.3 is 0 Å². The molecule has 2 heterocycles. The number of hydrogen-bond donors (Lipinski definition) is 1. The zero-order chi connectivity index (χ0) is 30.6. The number of benzene rings is 2. The highest BCUT2D eigenvalue weighted by atomic mass is 14.6. The van der Waals surface area contributed by atoms with Gasteiger partial charge in [0.1, 0.15) is 0 Å². The summed E-state index contributed by atoms with van der Waals surface area (Å²) >= 11 is 0. The Morgan fingerprint density at radius 3 is 1.95 bits per heavy atom. The Hall–Kier alpha value is -4.70. The van der Waals surface area contributed by atoms with Gasteiger partial charge < -0.3 is 10.4 Å². The van der Waals surface area contributed by atoms with E-state index in [0.29, 0.717) is 11.8 Å². The lowest BCUT2D eigenvalue weighted by Crippen LogP contribution is -2.07. The third-order valence-corrected chi connectivity index (χ3v) is 8.02. The van der Waals surface area contributed by atoms with Crippen molar-refractivity contribution in [2.45, 2.75) is 40.5 Å². The highest BCUT2D eigenvalue weighted by Crippen LogP contribution is 2.34. The van der Waals surface area contributed by atoms with Gasteiger partial charge in [0.2, 0.25) is 0 Å². The summed E-state index contributed by atoms with van der Waals surface area (Å²) < 4.78 is 0. The average Bonchev–Trinajstić information content (AvgIpc) is 3.06. The number of aliphatic imine (C=N–C) groups is 1. The number of aromatic nitrogens is 2. The molecule has 4 aromatic rings. The Labute approximate surface area is 257 Å². The van der Waals surface area contributed by atoms with Gasteiger partial charge in [-0.1, -0.05) is 62.4 Å². The number of nitrogens with one attached hydrogen (secondary N) is 1. The van der Waals surface area contributed by atoms with Crippen molar-refractivity contribution in [1.82, 2.24) is 9.97 Å². The van der Waals surface area contributed by atoms with Crippen molar-refractivity contribution in [2.24, 2.45) is 16.8 Å². The lowest BCUT2D eigenvalue weighted by molar-refractivity contribution is 0.436. The van der Waals surface area contributed by atoms with Crippen molar-refractivity contribution in [1.29, 1.82) is 5.41 Å². The molecule has 2 aromatic heterocycles. The van der Waals surface area contributed by atoms with E-state index >= 15 is 0 Å². The molecule has 0 spiro atoms. The van der Waals surface area contributed by atoms with Crippen LogP contribution in [-0.4, -0.2) is 29.4 Å². The van der Waals surface area contributed by atoms with E-state index in [0.717, 1.165) is 68.5 Å². The Balaban J connectivity index is 1.74. The molecule has 4 nitrogen and oxygen atoms in total. The summed E-state index contributed by atoms with van der Waals surface area (Å²) in [6.45, 7) is 8.72. The van der Waals surface area contributed by atoms with Crippen molar-refractivity contribution < 1.29 is 0 Å². The molecule has 0 radical (unpaired) electrons. The fourth-order valence-electron chi connectivity index (χ4n) is 5.19. The van der Waals surface area contributed by atoms with Crippen molar-refractivity contribution in [2.75, 3.05) is 7.05 Å². The third-order valence-electron chi connectivity index (χ3n) is 8.02. The third kappa shape index (κ3) is 8.42. The predicted octanol–water partition coefficient (Wildman–Crippen LogP) is 10.2. The molecule has 0 bridgehead atoms. The van der Waals surface area contributed by atoms with Crippen LogP contribution < -0.4 is 0 Å². The van der Waals surface area contributed by atoms with Gasteiger partial charge in [0, 0.05) is 49.2 Å². The minimum absolute atomic E-state index is 0.367. The van der Waals surface area contributed by atoms with Crippen LogP contribution in [0.5, 0.6) is 0 Å². The smallest absolute Gasteiger partial charge is 0.0346 e. The Morgan fingerprint density at radius 1 is 0.814 bits per heavy atom. The van der Waals surface area contributed by atoms with Crippen LogP contribution in [-0.2, 0) is 0 Å². The second-order valence-corrected chi connectivity index (χ2v) is 11.1. The first kappa shape index (κ1) is 31.2. The van der Waals surface area contributed by atoms with E-state index in [-0.39, 0.29) is 0 Å². The molecule has 218 valence electrons. The number of pyridine rings is 2. The quantitative estimate of drug-likeness (QED) is 0.137. The molecular formula is C39H42N4.